The Morgan fingerprint density at radius 2 is 2.41 bits per heavy atom. The van der Waals surface area contributed by atoms with Gasteiger partial charge in [-0.15, -0.1) is 0 Å². The summed E-state index contributed by atoms with van der Waals surface area (Å²) in [6, 6.07) is 4.10. The van der Waals surface area contributed by atoms with Crippen molar-refractivity contribution in [3.63, 3.8) is 0 Å². The lowest BCUT2D eigenvalue weighted by molar-refractivity contribution is -0.602. The molecule has 2 N–H and O–H groups in total. The molecule has 1 aliphatic heterocycles. The van der Waals surface area contributed by atoms with Crippen LogP contribution in [0.25, 0.3) is 0 Å². The molecule has 0 aliphatic carbocycles. The van der Waals surface area contributed by atoms with Gasteiger partial charge in [0.15, 0.2) is 4.60 Å². The number of carbonyl (C=O) groups excluding carboxylic acids is 1. The quantitative estimate of drug-likeness (QED) is 0.481. The van der Waals surface area contributed by atoms with E-state index in [1.807, 2.05) is 0 Å². The molecule has 1 fully saturated rings. The number of carbonyl (C=O) groups is 1. The fourth-order valence-corrected chi connectivity index (χ4v) is 2.01. The Morgan fingerprint density at radius 3 is 3.06 bits per heavy atom. The van der Waals surface area contributed by atoms with Gasteiger partial charge in [-0.3, -0.25) is 0 Å². The van der Waals surface area contributed by atoms with Crippen LogP contribution in [0.1, 0.15) is 6.42 Å². The number of amides is 1. The number of nitrogens with one attached hydrogen (secondary N) is 2. The fraction of sp³-hybridized carbons (Fsp3) is 0.400. The average molecular weight is 304 g/mol. The molecule has 0 aromatic carbocycles. The Labute approximate surface area is 106 Å². The largest absolute Gasteiger partial charge is 0.710 e. The van der Waals surface area contributed by atoms with E-state index in [1.165, 1.54) is 6.07 Å². The maximum absolute atomic E-state index is 12.9. The summed E-state index contributed by atoms with van der Waals surface area (Å²) in [5.41, 5.74) is 0. The predicted octanol–water partition coefficient (Wildman–Crippen LogP) is 0.721. The van der Waals surface area contributed by atoms with Crippen LogP contribution in [0.2, 0.25) is 0 Å². The molecule has 0 unspecified atom stereocenters. The summed E-state index contributed by atoms with van der Waals surface area (Å²) < 4.78 is 13.8. The zero-order chi connectivity index (χ0) is 12.4. The minimum absolute atomic E-state index is 0.119. The van der Waals surface area contributed by atoms with Gasteiger partial charge in [-0.05, 0) is 28.1 Å². The van der Waals surface area contributed by atoms with E-state index in [2.05, 4.69) is 26.6 Å². The van der Waals surface area contributed by atoms with Gasteiger partial charge in [0.2, 0.25) is 0 Å². The lowest BCUT2D eigenvalue weighted by Gasteiger charge is -2.11. The summed E-state index contributed by atoms with van der Waals surface area (Å²) in [4.78, 5) is 11.7. The highest BCUT2D eigenvalue weighted by atomic mass is 79.9. The van der Waals surface area contributed by atoms with E-state index < -0.39 is 18.1 Å². The van der Waals surface area contributed by atoms with Gasteiger partial charge >= 0.3 is 5.91 Å². The van der Waals surface area contributed by atoms with Gasteiger partial charge in [-0.2, -0.15) is 0 Å². The van der Waals surface area contributed by atoms with Gasteiger partial charge < -0.3 is 10.5 Å². The number of nitrogens with zero attached hydrogens (tertiary/aromatic N) is 1. The van der Waals surface area contributed by atoms with E-state index in [-0.39, 0.29) is 18.8 Å². The van der Waals surface area contributed by atoms with E-state index in [4.69, 9.17) is 0 Å². The van der Waals surface area contributed by atoms with Gasteiger partial charge in [-0.1, -0.05) is 0 Å². The van der Waals surface area contributed by atoms with E-state index in [1.54, 1.807) is 12.1 Å². The molecule has 0 radical (unpaired) electrons. The first-order valence-electron chi connectivity index (χ1n) is 5.14. The maximum atomic E-state index is 12.9. The van der Waals surface area contributed by atoms with Crippen molar-refractivity contribution in [1.82, 2.24) is 5.32 Å². The SMILES string of the molecule is O=C(Nc1cccc(Br)[n+]1[O-])[C@@H]1C[C@@H](F)CN1. The van der Waals surface area contributed by atoms with Crippen molar-refractivity contribution in [3.05, 3.63) is 28.0 Å². The van der Waals surface area contributed by atoms with Gasteiger partial charge in [-0.25, -0.2) is 19.2 Å². The number of alkyl halides is 1. The molecule has 1 amide bonds. The third-order valence-electron chi connectivity index (χ3n) is 2.55. The first-order valence-corrected chi connectivity index (χ1v) is 5.93. The van der Waals surface area contributed by atoms with Crippen molar-refractivity contribution in [2.75, 3.05) is 11.9 Å². The molecule has 92 valence electrons. The highest BCUT2D eigenvalue weighted by molar-refractivity contribution is 9.10. The minimum Gasteiger partial charge on any atom is -0.710 e. The monoisotopic (exact) mass is 303 g/mol. The second kappa shape index (κ2) is 4.97. The van der Waals surface area contributed by atoms with Gasteiger partial charge in [0.05, 0.1) is 0 Å². The average Bonchev–Trinajstić information content (AvgIpc) is 2.72. The molecule has 1 aromatic heterocycles. The molecule has 0 saturated carbocycles. The Bertz CT molecular complexity index is 444. The summed E-state index contributed by atoms with van der Waals surface area (Å²) in [6.07, 6.45) is -0.869. The van der Waals surface area contributed by atoms with Crippen LogP contribution in [0.4, 0.5) is 10.2 Å². The molecule has 1 aliphatic rings. The smallest absolute Gasteiger partial charge is 0.324 e. The lowest BCUT2D eigenvalue weighted by atomic mass is 10.2. The molecular weight excluding hydrogens is 293 g/mol. The van der Waals surface area contributed by atoms with Crippen molar-refractivity contribution in [2.24, 2.45) is 0 Å². The van der Waals surface area contributed by atoms with E-state index in [9.17, 15) is 14.4 Å². The van der Waals surface area contributed by atoms with Crippen LogP contribution >= 0.6 is 15.9 Å². The van der Waals surface area contributed by atoms with Crippen molar-refractivity contribution in [2.45, 2.75) is 18.6 Å². The third-order valence-corrected chi connectivity index (χ3v) is 3.13. The number of rotatable bonds is 2. The summed E-state index contributed by atoms with van der Waals surface area (Å²) >= 11 is 3.05. The predicted molar refractivity (Wildman–Crippen MR) is 63.0 cm³/mol. The number of halogens is 2. The highest BCUT2D eigenvalue weighted by Gasteiger charge is 2.32. The first-order chi connectivity index (χ1) is 8.08. The molecule has 2 heterocycles. The Kier molecular flexibility index (Phi) is 3.58. The molecule has 1 aromatic rings. The number of aromatic nitrogens is 1. The fourth-order valence-electron chi connectivity index (χ4n) is 1.67. The Morgan fingerprint density at radius 1 is 1.65 bits per heavy atom. The second-order valence-corrected chi connectivity index (χ2v) is 4.62. The maximum Gasteiger partial charge on any atom is 0.324 e. The van der Waals surface area contributed by atoms with Crippen molar-refractivity contribution < 1.29 is 13.9 Å². The van der Waals surface area contributed by atoms with Gasteiger partial charge in [0.1, 0.15) is 12.2 Å². The molecule has 0 bridgehead atoms. The van der Waals surface area contributed by atoms with E-state index in [0.29, 0.717) is 9.33 Å². The van der Waals surface area contributed by atoms with Crippen LogP contribution in [-0.4, -0.2) is 24.7 Å². The zero-order valence-electron chi connectivity index (χ0n) is 8.82. The van der Waals surface area contributed by atoms with Gasteiger partial charge in [0, 0.05) is 19.0 Å². The van der Waals surface area contributed by atoms with Crippen LogP contribution in [0.3, 0.4) is 0 Å². The third kappa shape index (κ3) is 2.73. The lowest BCUT2D eigenvalue weighted by Crippen LogP contribution is -2.40. The molecule has 5 nitrogen and oxygen atoms in total. The van der Waals surface area contributed by atoms with Crippen LogP contribution in [0.5, 0.6) is 0 Å². The molecule has 0 spiro atoms. The van der Waals surface area contributed by atoms with E-state index >= 15 is 0 Å². The molecular formula is C10H11BrFN3O2. The standard InChI is InChI=1S/C10H11BrFN3O2/c11-8-2-1-3-9(15(8)17)14-10(16)7-4-6(12)5-13-7/h1-3,6-7,13H,4-5H2,(H,14,16)/t6-,7+/m1/s1. The zero-order valence-corrected chi connectivity index (χ0v) is 10.4. The van der Waals surface area contributed by atoms with Gasteiger partial charge in [0.25, 0.3) is 5.82 Å². The van der Waals surface area contributed by atoms with Crippen LogP contribution in [0.15, 0.2) is 22.8 Å². The van der Waals surface area contributed by atoms with E-state index in [0.717, 1.165) is 0 Å². The van der Waals surface area contributed by atoms with Crippen molar-refractivity contribution >= 4 is 27.7 Å². The van der Waals surface area contributed by atoms with Crippen LogP contribution in [-0.2, 0) is 4.79 Å². The second-order valence-electron chi connectivity index (χ2n) is 3.81. The summed E-state index contributed by atoms with van der Waals surface area (Å²) in [5.74, 6) is -0.277. The normalized spacial score (nSPS) is 23.6. The number of pyridine rings is 1. The minimum atomic E-state index is -1.01. The molecule has 1 saturated heterocycles. The number of hydrogen-bond donors (Lipinski definition) is 2. The molecule has 7 heteroatoms. The Hall–Kier alpha value is -1.21. The summed E-state index contributed by atoms with van der Waals surface area (Å²) in [7, 11) is 0. The molecule has 2 rings (SSSR count). The Balaban J connectivity index is 2.06. The first kappa shape index (κ1) is 12.3. The van der Waals surface area contributed by atoms with Crippen molar-refractivity contribution in [3.8, 4) is 0 Å². The van der Waals surface area contributed by atoms with Crippen LogP contribution < -0.4 is 15.4 Å². The van der Waals surface area contributed by atoms with Crippen molar-refractivity contribution in [1.29, 1.82) is 0 Å². The summed E-state index contributed by atoms with van der Waals surface area (Å²) in [6.45, 7) is 0.175. The highest BCUT2D eigenvalue weighted by Crippen LogP contribution is 2.12. The number of anilines is 1. The molecule has 17 heavy (non-hydrogen) atoms. The van der Waals surface area contributed by atoms with Crippen LogP contribution in [0, 0.1) is 5.21 Å². The molecule has 2 atom stereocenters. The topological polar surface area (TPSA) is 68.1 Å². The number of hydrogen-bond acceptors (Lipinski definition) is 3. The summed E-state index contributed by atoms with van der Waals surface area (Å²) in [5, 5.41) is 16.8.